The summed E-state index contributed by atoms with van der Waals surface area (Å²) in [5, 5.41) is 9.70. The largest absolute Gasteiger partial charge is 0.469 e. The Labute approximate surface area is 122 Å². The number of halogens is 1. The van der Waals surface area contributed by atoms with Gasteiger partial charge in [0, 0.05) is 10.6 Å². The van der Waals surface area contributed by atoms with Crippen molar-refractivity contribution in [2.24, 2.45) is 5.41 Å². The normalized spacial score (nSPS) is 17.6. The maximum Gasteiger partial charge on any atom is 0.306 e. The van der Waals surface area contributed by atoms with Gasteiger partial charge < -0.3 is 9.84 Å². The zero-order valence-electron chi connectivity index (χ0n) is 11.7. The van der Waals surface area contributed by atoms with Crippen molar-refractivity contribution in [2.75, 3.05) is 12.9 Å². The van der Waals surface area contributed by atoms with Crippen LogP contribution >= 0.6 is 11.8 Å². The van der Waals surface area contributed by atoms with Crippen LogP contribution in [0.15, 0.2) is 23.1 Å². The van der Waals surface area contributed by atoms with Crippen molar-refractivity contribution >= 4 is 17.7 Å². The van der Waals surface area contributed by atoms with Crippen LogP contribution < -0.4 is 0 Å². The van der Waals surface area contributed by atoms with Crippen LogP contribution in [-0.4, -0.2) is 23.9 Å². The third kappa shape index (κ3) is 3.52. The zero-order valence-corrected chi connectivity index (χ0v) is 12.5. The lowest BCUT2D eigenvalue weighted by Gasteiger charge is -2.16. The number of carbonyl (C=O) groups is 1. The van der Waals surface area contributed by atoms with Crippen LogP contribution in [0.5, 0.6) is 0 Å². The van der Waals surface area contributed by atoms with Crippen molar-refractivity contribution in [2.45, 2.75) is 37.2 Å². The Hall–Kier alpha value is -1.07. The Kier molecular flexibility index (Phi) is 4.70. The van der Waals surface area contributed by atoms with E-state index in [9.17, 15) is 14.3 Å². The van der Waals surface area contributed by atoms with Gasteiger partial charge in [0.25, 0.3) is 0 Å². The van der Waals surface area contributed by atoms with Crippen LogP contribution in [0.25, 0.3) is 0 Å². The summed E-state index contributed by atoms with van der Waals surface area (Å²) in [7, 11) is 1.38. The highest BCUT2D eigenvalue weighted by Gasteiger charge is 2.44. The second kappa shape index (κ2) is 6.14. The van der Waals surface area contributed by atoms with E-state index in [0.29, 0.717) is 22.6 Å². The number of carbonyl (C=O) groups excluding carboxylic acids is 1. The highest BCUT2D eigenvalue weighted by atomic mass is 32.2. The number of esters is 1. The molecule has 0 radical (unpaired) electrons. The molecule has 1 N–H and O–H groups in total. The molecule has 20 heavy (non-hydrogen) atoms. The first kappa shape index (κ1) is 15.3. The summed E-state index contributed by atoms with van der Waals surface area (Å²) in [5.41, 5.74) is 0.541. The van der Waals surface area contributed by atoms with E-state index in [1.165, 1.54) is 24.9 Å². The summed E-state index contributed by atoms with van der Waals surface area (Å²) in [6, 6.07) is 4.73. The molecule has 2 rings (SSSR count). The molecule has 1 aromatic carbocycles. The van der Waals surface area contributed by atoms with Gasteiger partial charge in [0.15, 0.2) is 0 Å². The minimum Gasteiger partial charge on any atom is -0.469 e. The maximum absolute atomic E-state index is 13.9. The van der Waals surface area contributed by atoms with E-state index in [1.807, 2.05) is 0 Å². The highest BCUT2D eigenvalue weighted by Crippen LogP contribution is 2.52. The number of aliphatic hydroxyl groups excluding tert-OH is 1. The number of ether oxygens (including phenoxy) is 1. The lowest BCUT2D eigenvalue weighted by Crippen LogP contribution is -2.13. The molecule has 1 unspecified atom stereocenters. The fourth-order valence-electron chi connectivity index (χ4n) is 2.16. The monoisotopic (exact) mass is 298 g/mol. The van der Waals surface area contributed by atoms with Gasteiger partial charge in [-0.1, -0.05) is 12.1 Å². The first-order valence-corrected chi connectivity index (χ1v) is 7.62. The summed E-state index contributed by atoms with van der Waals surface area (Å²) in [4.78, 5) is 11.9. The quantitative estimate of drug-likeness (QED) is 0.646. The van der Waals surface area contributed by atoms with Gasteiger partial charge in [0.05, 0.1) is 19.6 Å². The van der Waals surface area contributed by atoms with Crippen molar-refractivity contribution in [1.82, 2.24) is 0 Å². The van der Waals surface area contributed by atoms with E-state index in [0.717, 1.165) is 12.8 Å². The summed E-state index contributed by atoms with van der Waals surface area (Å²) in [5.74, 6) is 0.137. The first-order chi connectivity index (χ1) is 9.47. The molecule has 1 atom stereocenters. The highest BCUT2D eigenvalue weighted by molar-refractivity contribution is 7.99. The molecule has 0 heterocycles. The van der Waals surface area contributed by atoms with Crippen molar-refractivity contribution in [3.8, 4) is 0 Å². The minimum absolute atomic E-state index is 0.0595. The van der Waals surface area contributed by atoms with Crippen LogP contribution in [0.4, 0.5) is 4.39 Å². The van der Waals surface area contributed by atoms with Crippen molar-refractivity contribution < 1.29 is 19.0 Å². The molecule has 3 nitrogen and oxygen atoms in total. The van der Waals surface area contributed by atoms with E-state index in [1.54, 1.807) is 19.1 Å². The molecule has 1 aliphatic rings. The summed E-state index contributed by atoms with van der Waals surface area (Å²) in [6.07, 6.45) is 1.61. The van der Waals surface area contributed by atoms with Gasteiger partial charge in [-0.25, -0.2) is 4.39 Å². The van der Waals surface area contributed by atoms with E-state index < -0.39 is 6.10 Å². The van der Waals surface area contributed by atoms with E-state index in [2.05, 4.69) is 0 Å². The van der Waals surface area contributed by atoms with Gasteiger partial charge in [-0.3, -0.25) is 4.79 Å². The molecule has 0 amide bonds. The fraction of sp³-hybridized carbons (Fsp3) is 0.533. The standard InChI is InChI=1S/C15H19FO3S/c1-10(17)11-4-3-5-12(16)14(11)20-9-15(6-7-15)8-13(18)19-2/h3-5,10,17H,6-9H2,1-2H3. The Bertz CT molecular complexity index is 498. The first-order valence-electron chi connectivity index (χ1n) is 6.63. The second-order valence-electron chi connectivity index (χ2n) is 5.38. The number of hydrogen-bond acceptors (Lipinski definition) is 4. The molecule has 1 fully saturated rings. The van der Waals surface area contributed by atoms with Crippen LogP contribution in [-0.2, 0) is 9.53 Å². The van der Waals surface area contributed by atoms with Crippen molar-refractivity contribution in [3.05, 3.63) is 29.6 Å². The molecule has 0 aliphatic heterocycles. The van der Waals surface area contributed by atoms with Gasteiger partial charge in [-0.05, 0) is 36.8 Å². The minimum atomic E-state index is -0.705. The third-order valence-corrected chi connectivity index (χ3v) is 5.15. The van der Waals surface area contributed by atoms with E-state index in [4.69, 9.17) is 4.74 Å². The number of benzene rings is 1. The summed E-state index contributed by atoms with van der Waals surface area (Å²) < 4.78 is 18.6. The summed E-state index contributed by atoms with van der Waals surface area (Å²) >= 11 is 1.38. The van der Waals surface area contributed by atoms with Crippen LogP contribution in [0, 0.1) is 11.2 Å². The summed E-state index contributed by atoms with van der Waals surface area (Å²) in [6.45, 7) is 1.63. The van der Waals surface area contributed by atoms with Gasteiger partial charge in [0.1, 0.15) is 5.82 Å². The number of methoxy groups -OCH3 is 1. The average molecular weight is 298 g/mol. The number of rotatable bonds is 6. The lowest BCUT2D eigenvalue weighted by molar-refractivity contribution is -0.141. The fourth-order valence-corrected chi connectivity index (χ4v) is 3.61. The van der Waals surface area contributed by atoms with Crippen LogP contribution in [0.3, 0.4) is 0 Å². The topological polar surface area (TPSA) is 46.5 Å². The second-order valence-corrected chi connectivity index (χ2v) is 6.36. The average Bonchev–Trinajstić information content (AvgIpc) is 3.16. The molecule has 1 saturated carbocycles. The van der Waals surface area contributed by atoms with Crippen LogP contribution in [0.2, 0.25) is 0 Å². The van der Waals surface area contributed by atoms with Gasteiger partial charge in [-0.15, -0.1) is 11.8 Å². The number of aliphatic hydroxyl groups is 1. The molecule has 110 valence electrons. The molecular formula is C15H19FO3S. The van der Waals surface area contributed by atoms with Crippen molar-refractivity contribution in [1.29, 1.82) is 0 Å². The molecule has 0 aromatic heterocycles. The Morgan fingerprint density at radius 2 is 2.25 bits per heavy atom. The molecule has 5 heteroatoms. The Balaban J connectivity index is 2.06. The van der Waals surface area contributed by atoms with Gasteiger partial charge in [0.2, 0.25) is 0 Å². The molecular weight excluding hydrogens is 279 g/mol. The molecule has 1 aromatic rings. The molecule has 0 saturated heterocycles. The lowest BCUT2D eigenvalue weighted by atomic mass is 10.1. The Morgan fingerprint density at radius 3 is 2.80 bits per heavy atom. The predicted octanol–water partition coefficient (Wildman–Crippen LogP) is 3.31. The zero-order chi connectivity index (χ0) is 14.8. The van der Waals surface area contributed by atoms with E-state index >= 15 is 0 Å². The van der Waals surface area contributed by atoms with Crippen LogP contribution in [0.1, 0.15) is 37.9 Å². The van der Waals surface area contributed by atoms with Gasteiger partial charge >= 0.3 is 5.97 Å². The maximum atomic E-state index is 13.9. The molecule has 1 aliphatic carbocycles. The van der Waals surface area contributed by atoms with E-state index in [-0.39, 0.29) is 17.2 Å². The molecule has 0 bridgehead atoms. The number of hydrogen-bond donors (Lipinski definition) is 1. The predicted molar refractivity (Wildman–Crippen MR) is 76.1 cm³/mol. The van der Waals surface area contributed by atoms with Crippen molar-refractivity contribution in [3.63, 3.8) is 0 Å². The van der Waals surface area contributed by atoms with Gasteiger partial charge in [-0.2, -0.15) is 0 Å². The molecule has 0 spiro atoms. The number of thioether (sulfide) groups is 1. The third-order valence-electron chi connectivity index (χ3n) is 3.67. The Morgan fingerprint density at radius 1 is 1.55 bits per heavy atom. The smallest absolute Gasteiger partial charge is 0.306 e. The SMILES string of the molecule is COC(=O)CC1(CSc2c(F)cccc2C(C)O)CC1.